The maximum Gasteiger partial charge on any atom is 0.170 e. The SMILES string of the molecule is Oc1ccc(OCCCCCOc2ccc(O)c(-c3ccno3)c2)cc1-c1ccno1. The van der Waals surface area contributed by atoms with E-state index in [1.807, 2.05) is 0 Å². The van der Waals surface area contributed by atoms with Crippen molar-refractivity contribution in [1.29, 1.82) is 0 Å². The molecular formula is C23H22N2O6. The van der Waals surface area contributed by atoms with E-state index in [1.54, 1.807) is 48.5 Å². The lowest BCUT2D eigenvalue weighted by molar-refractivity contribution is 0.279. The van der Waals surface area contributed by atoms with Crippen LogP contribution in [0.4, 0.5) is 0 Å². The topological polar surface area (TPSA) is 111 Å². The maximum atomic E-state index is 9.98. The van der Waals surface area contributed by atoms with Crippen LogP contribution >= 0.6 is 0 Å². The zero-order valence-corrected chi connectivity index (χ0v) is 16.7. The predicted molar refractivity (Wildman–Crippen MR) is 112 cm³/mol. The van der Waals surface area contributed by atoms with Crippen LogP contribution in [0.15, 0.2) is 70.0 Å². The van der Waals surface area contributed by atoms with Gasteiger partial charge in [-0.25, -0.2) is 0 Å². The van der Waals surface area contributed by atoms with Gasteiger partial charge < -0.3 is 28.7 Å². The van der Waals surface area contributed by atoms with E-state index in [-0.39, 0.29) is 11.5 Å². The van der Waals surface area contributed by atoms with Crippen LogP contribution < -0.4 is 9.47 Å². The van der Waals surface area contributed by atoms with E-state index in [4.69, 9.17) is 18.5 Å². The number of aromatic hydroxyl groups is 2. The number of phenolic OH excluding ortho intramolecular Hbond substituents is 2. The lowest BCUT2D eigenvalue weighted by Crippen LogP contribution is -2.01. The fraction of sp³-hybridized carbons (Fsp3) is 0.217. The Hall–Kier alpha value is -3.94. The molecule has 2 heterocycles. The zero-order chi connectivity index (χ0) is 21.5. The normalized spacial score (nSPS) is 10.8. The molecule has 0 saturated heterocycles. The summed E-state index contributed by atoms with van der Waals surface area (Å²) in [6.07, 6.45) is 5.71. The fourth-order valence-corrected chi connectivity index (χ4v) is 3.07. The van der Waals surface area contributed by atoms with E-state index in [0.717, 1.165) is 19.3 Å². The number of hydrogen-bond donors (Lipinski definition) is 2. The van der Waals surface area contributed by atoms with Crippen LogP contribution in [0.25, 0.3) is 22.6 Å². The van der Waals surface area contributed by atoms with E-state index >= 15 is 0 Å². The first kappa shape index (κ1) is 20.3. The van der Waals surface area contributed by atoms with Crippen molar-refractivity contribution in [2.24, 2.45) is 0 Å². The van der Waals surface area contributed by atoms with Crippen LogP contribution in [0.3, 0.4) is 0 Å². The Morgan fingerprint density at radius 1 is 0.645 bits per heavy atom. The molecule has 4 aromatic rings. The van der Waals surface area contributed by atoms with E-state index < -0.39 is 0 Å². The number of hydrogen-bond acceptors (Lipinski definition) is 8. The van der Waals surface area contributed by atoms with E-state index in [9.17, 15) is 10.2 Å². The molecule has 0 amide bonds. The summed E-state index contributed by atoms with van der Waals surface area (Å²) >= 11 is 0. The van der Waals surface area contributed by atoms with Gasteiger partial charge in [0.25, 0.3) is 0 Å². The number of benzene rings is 2. The third kappa shape index (κ3) is 5.16. The van der Waals surface area contributed by atoms with Gasteiger partial charge in [-0.2, -0.15) is 0 Å². The van der Waals surface area contributed by atoms with Crippen molar-refractivity contribution in [2.45, 2.75) is 19.3 Å². The van der Waals surface area contributed by atoms with Crippen LogP contribution in [0.1, 0.15) is 19.3 Å². The Bertz CT molecular complexity index is 1010. The van der Waals surface area contributed by atoms with Gasteiger partial charge in [-0.3, -0.25) is 0 Å². The van der Waals surface area contributed by atoms with Crippen molar-refractivity contribution >= 4 is 0 Å². The molecule has 160 valence electrons. The van der Waals surface area contributed by atoms with Crippen molar-refractivity contribution < 1.29 is 28.7 Å². The van der Waals surface area contributed by atoms with Crippen LogP contribution in [0.5, 0.6) is 23.0 Å². The first-order valence-electron chi connectivity index (χ1n) is 9.94. The second-order valence-electron chi connectivity index (χ2n) is 6.87. The molecule has 0 aliphatic rings. The average Bonchev–Trinajstić information content (AvgIpc) is 3.50. The molecule has 2 aromatic carbocycles. The average molecular weight is 422 g/mol. The minimum atomic E-state index is 0.113. The minimum absolute atomic E-state index is 0.113. The van der Waals surface area contributed by atoms with Gasteiger partial charge in [0.2, 0.25) is 0 Å². The molecule has 4 rings (SSSR count). The van der Waals surface area contributed by atoms with Gasteiger partial charge in [0.05, 0.1) is 36.7 Å². The van der Waals surface area contributed by atoms with Gasteiger partial charge in [0.1, 0.15) is 23.0 Å². The molecule has 0 unspecified atom stereocenters. The molecule has 0 aliphatic heterocycles. The van der Waals surface area contributed by atoms with Gasteiger partial charge in [-0.05, 0) is 55.7 Å². The van der Waals surface area contributed by atoms with Gasteiger partial charge >= 0.3 is 0 Å². The minimum Gasteiger partial charge on any atom is -0.507 e. The number of rotatable bonds is 10. The highest BCUT2D eigenvalue weighted by molar-refractivity contribution is 5.67. The van der Waals surface area contributed by atoms with Gasteiger partial charge in [-0.15, -0.1) is 0 Å². The highest BCUT2D eigenvalue weighted by Crippen LogP contribution is 2.33. The van der Waals surface area contributed by atoms with E-state index in [1.165, 1.54) is 12.4 Å². The molecule has 31 heavy (non-hydrogen) atoms. The lowest BCUT2D eigenvalue weighted by atomic mass is 10.1. The quantitative estimate of drug-likeness (QED) is 0.342. The number of phenols is 2. The zero-order valence-electron chi connectivity index (χ0n) is 16.7. The van der Waals surface area contributed by atoms with Gasteiger partial charge in [0, 0.05) is 12.1 Å². The molecule has 8 nitrogen and oxygen atoms in total. The fourth-order valence-electron chi connectivity index (χ4n) is 3.07. The summed E-state index contributed by atoms with van der Waals surface area (Å²) in [5, 5.41) is 27.3. The largest absolute Gasteiger partial charge is 0.507 e. The smallest absolute Gasteiger partial charge is 0.170 e. The molecule has 0 atom stereocenters. The van der Waals surface area contributed by atoms with Crippen molar-refractivity contribution in [3.05, 3.63) is 60.9 Å². The summed E-state index contributed by atoms with van der Waals surface area (Å²) in [6, 6.07) is 13.4. The van der Waals surface area contributed by atoms with Crippen molar-refractivity contribution in [2.75, 3.05) is 13.2 Å². The molecule has 8 heteroatoms. The second kappa shape index (κ2) is 9.71. The summed E-state index contributed by atoms with van der Waals surface area (Å²) < 4.78 is 21.7. The first-order chi connectivity index (χ1) is 15.2. The third-order valence-corrected chi connectivity index (χ3v) is 4.67. The molecule has 2 aromatic heterocycles. The van der Waals surface area contributed by atoms with Crippen LogP contribution in [0, 0.1) is 0 Å². The molecule has 0 radical (unpaired) electrons. The highest BCUT2D eigenvalue weighted by Gasteiger charge is 2.11. The maximum absolute atomic E-state index is 9.98. The number of ether oxygens (including phenoxy) is 2. The first-order valence-corrected chi connectivity index (χ1v) is 9.94. The second-order valence-corrected chi connectivity index (χ2v) is 6.87. The summed E-state index contributed by atoms with van der Waals surface area (Å²) in [4.78, 5) is 0. The number of unbranched alkanes of at least 4 members (excludes halogenated alkanes) is 2. The standard InChI is InChI=1S/C23H22N2O6/c26-20-6-4-16(14-18(20)22-8-10-24-30-22)28-12-2-1-3-13-29-17-5-7-21(27)19(15-17)23-9-11-25-31-23/h4-11,14-15,26-27H,1-3,12-13H2. The predicted octanol–water partition coefficient (Wildman–Crippen LogP) is 5.04. The van der Waals surface area contributed by atoms with E-state index in [2.05, 4.69) is 10.3 Å². The van der Waals surface area contributed by atoms with E-state index in [0.29, 0.717) is 47.4 Å². The van der Waals surface area contributed by atoms with Crippen molar-refractivity contribution in [3.8, 4) is 45.6 Å². The Labute approximate surface area is 178 Å². The molecular weight excluding hydrogens is 400 g/mol. The summed E-state index contributed by atoms with van der Waals surface area (Å²) in [7, 11) is 0. The lowest BCUT2D eigenvalue weighted by Gasteiger charge is -2.10. The summed E-state index contributed by atoms with van der Waals surface area (Å²) in [6.45, 7) is 1.10. The molecule has 0 fully saturated rings. The molecule has 0 spiro atoms. The number of aromatic nitrogens is 2. The highest BCUT2D eigenvalue weighted by atomic mass is 16.5. The third-order valence-electron chi connectivity index (χ3n) is 4.67. The van der Waals surface area contributed by atoms with Crippen LogP contribution in [-0.2, 0) is 0 Å². The molecule has 0 bridgehead atoms. The molecule has 0 saturated carbocycles. The van der Waals surface area contributed by atoms with Crippen molar-refractivity contribution in [3.63, 3.8) is 0 Å². The Balaban J connectivity index is 1.19. The van der Waals surface area contributed by atoms with Crippen LogP contribution in [0.2, 0.25) is 0 Å². The molecule has 0 aliphatic carbocycles. The van der Waals surface area contributed by atoms with Crippen molar-refractivity contribution in [1.82, 2.24) is 10.3 Å². The number of nitrogens with zero attached hydrogens (tertiary/aromatic N) is 2. The van der Waals surface area contributed by atoms with Crippen LogP contribution in [-0.4, -0.2) is 33.7 Å². The summed E-state index contributed by atoms with van der Waals surface area (Å²) in [5.74, 6) is 2.51. The molecule has 2 N–H and O–H groups in total. The van der Waals surface area contributed by atoms with Gasteiger partial charge in [0.15, 0.2) is 11.5 Å². The monoisotopic (exact) mass is 422 g/mol. The summed E-state index contributed by atoms with van der Waals surface area (Å²) in [5.41, 5.74) is 1.09. The van der Waals surface area contributed by atoms with Gasteiger partial charge in [-0.1, -0.05) is 10.3 Å². The Morgan fingerprint density at radius 2 is 1.13 bits per heavy atom. The Kier molecular flexibility index (Phi) is 6.37. The Morgan fingerprint density at radius 3 is 1.55 bits per heavy atom.